The van der Waals surface area contributed by atoms with Crippen molar-refractivity contribution in [3.05, 3.63) is 40.1 Å². The zero-order valence-corrected chi connectivity index (χ0v) is 11.4. The lowest BCUT2D eigenvalue weighted by Gasteiger charge is -2.18. The molecular weight excluding hydrogens is 269 g/mol. The second-order valence-electron chi connectivity index (χ2n) is 4.70. The molecule has 0 aliphatic rings. The largest absolute Gasteiger partial charge is 0.309 e. The lowest BCUT2D eigenvalue weighted by atomic mass is 10.1. The van der Waals surface area contributed by atoms with E-state index in [0.29, 0.717) is 0 Å². The van der Waals surface area contributed by atoms with Gasteiger partial charge in [-0.3, -0.25) is 0 Å². The van der Waals surface area contributed by atoms with E-state index in [1.807, 2.05) is 12.2 Å². The van der Waals surface area contributed by atoms with Crippen LogP contribution in [0.25, 0.3) is 6.08 Å². The highest BCUT2D eigenvalue weighted by molar-refractivity contribution is 9.10. The van der Waals surface area contributed by atoms with E-state index >= 15 is 0 Å². The van der Waals surface area contributed by atoms with Crippen molar-refractivity contribution in [2.45, 2.75) is 26.3 Å². The molecule has 1 N–H and O–H groups in total. The zero-order chi connectivity index (χ0) is 12.2. The maximum atomic E-state index is 13.0. The maximum Gasteiger partial charge on any atom is 0.123 e. The van der Waals surface area contributed by atoms with Crippen molar-refractivity contribution in [2.75, 3.05) is 6.54 Å². The van der Waals surface area contributed by atoms with Gasteiger partial charge in [0.15, 0.2) is 0 Å². The molecule has 0 saturated carbocycles. The van der Waals surface area contributed by atoms with Crippen LogP contribution >= 0.6 is 15.9 Å². The van der Waals surface area contributed by atoms with Crippen LogP contribution in [0.2, 0.25) is 0 Å². The molecule has 0 radical (unpaired) electrons. The Morgan fingerprint density at radius 2 is 2.06 bits per heavy atom. The first-order chi connectivity index (χ1) is 7.38. The molecule has 0 atom stereocenters. The Labute approximate surface area is 105 Å². The third kappa shape index (κ3) is 4.90. The Morgan fingerprint density at radius 3 is 2.69 bits per heavy atom. The van der Waals surface area contributed by atoms with Gasteiger partial charge in [-0.15, -0.1) is 0 Å². The van der Waals surface area contributed by atoms with Gasteiger partial charge >= 0.3 is 0 Å². The van der Waals surface area contributed by atoms with Crippen molar-refractivity contribution in [2.24, 2.45) is 0 Å². The molecule has 0 aliphatic carbocycles. The summed E-state index contributed by atoms with van der Waals surface area (Å²) in [7, 11) is 0. The molecule has 0 heterocycles. The first-order valence-corrected chi connectivity index (χ1v) is 6.04. The minimum atomic E-state index is -0.216. The summed E-state index contributed by atoms with van der Waals surface area (Å²) >= 11 is 3.38. The molecule has 0 unspecified atom stereocenters. The molecular formula is C13H17BrFN. The number of nitrogens with one attached hydrogen (secondary N) is 1. The minimum Gasteiger partial charge on any atom is -0.309 e. The highest BCUT2D eigenvalue weighted by Crippen LogP contribution is 2.18. The molecule has 88 valence electrons. The lowest BCUT2D eigenvalue weighted by Crippen LogP contribution is -2.35. The number of rotatable bonds is 3. The minimum absolute atomic E-state index is 0.101. The first-order valence-electron chi connectivity index (χ1n) is 5.25. The van der Waals surface area contributed by atoms with Gasteiger partial charge in [-0.25, -0.2) is 4.39 Å². The van der Waals surface area contributed by atoms with Crippen LogP contribution in [-0.2, 0) is 0 Å². The summed E-state index contributed by atoms with van der Waals surface area (Å²) in [5, 5.41) is 3.33. The molecule has 1 nitrogen and oxygen atoms in total. The average molecular weight is 286 g/mol. The van der Waals surface area contributed by atoms with Gasteiger partial charge in [0.25, 0.3) is 0 Å². The van der Waals surface area contributed by atoms with Crippen molar-refractivity contribution < 1.29 is 4.39 Å². The average Bonchev–Trinajstić information content (AvgIpc) is 2.16. The van der Waals surface area contributed by atoms with Crippen LogP contribution in [0.4, 0.5) is 4.39 Å². The van der Waals surface area contributed by atoms with Crippen LogP contribution in [0.15, 0.2) is 28.7 Å². The van der Waals surface area contributed by atoms with Gasteiger partial charge in [0.05, 0.1) is 0 Å². The summed E-state index contributed by atoms with van der Waals surface area (Å²) in [5.74, 6) is -0.216. The zero-order valence-electron chi connectivity index (χ0n) is 9.85. The molecule has 1 rings (SSSR count). The molecule has 3 heteroatoms. The highest BCUT2D eigenvalue weighted by Gasteiger charge is 2.05. The topological polar surface area (TPSA) is 12.0 Å². The summed E-state index contributed by atoms with van der Waals surface area (Å²) in [4.78, 5) is 0. The smallest absolute Gasteiger partial charge is 0.123 e. The molecule has 0 aromatic heterocycles. The van der Waals surface area contributed by atoms with Crippen LogP contribution in [0.5, 0.6) is 0 Å². The van der Waals surface area contributed by atoms with Gasteiger partial charge in [0.2, 0.25) is 0 Å². The second kappa shape index (κ2) is 5.60. The first kappa shape index (κ1) is 13.4. The van der Waals surface area contributed by atoms with E-state index in [-0.39, 0.29) is 11.4 Å². The summed E-state index contributed by atoms with van der Waals surface area (Å²) in [6, 6.07) is 4.67. The van der Waals surface area contributed by atoms with E-state index in [1.54, 1.807) is 6.07 Å². The van der Waals surface area contributed by atoms with Crippen molar-refractivity contribution >= 4 is 22.0 Å². The second-order valence-corrected chi connectivity index (χ2v) is 5.55. The molecule has 0 amide bonds. The third-order valence-corrected chi connectivity index (χ3v) is 2.73. The van der Waals surface area contributed by atoms with Crippen LogP contribution in [-0.4, -0.2) is 12.1 Å². The normalized spacial score (nSPS) is 12.3. The van der Waals surface area contributed by atoms with Gasteiger partial charge in [0.1, 0.15) is 5.82 Å². The Morgan fingerprint density at radius 1 is 1.38 bits per heavy atom. The van der Waals surface area contributed by atoms with Crippen molar-refractivity contribution in [3.8, 4) is 0 Å². The van der Waals surface area contributed by atoms with Gasteiger partial charge < -0.3 is 5.32 Å². The van der Waals surface area contributed by atoms with Gasteiger partial charge in [0, 0.05) is 16.6 Å². The third-order valence-electron chi connectivity index (χ3n) is 2.01. The molecule has 0 bridgehead atoms. The molecule has 1 aromatic carbocycles. The molecule has 0 saturated heterocycles. The molecule has 1 aromatic rings. The Balaban J connectivity index is 2.59. The highest BCUT2D eigenvalue weighted by atomic mass is 79.9. The fourth-order valence-corrected chi connectivity index (χ4v) is 1.57. The van der Waals surface area contributed by atoms with E-state index in [2.05, 4.69) is 42.0 Å². The Hall–Kier alpha value is -0.670. The summed E-state index contributed by atoms with van der Waals surface area (Å²) < 4.78 is 13.9. The van der Waals surface area contributed by atoms with Crippen molar-refractivity contribution in [1.29, 1.82) is 0 Å². The van der Waals surface area contributed by atoms with Crippen LogP contribution in [0, 0.1) is 5.82 Å². The van der Waals surface area contributed by atoms with Crippen LogP contribution < -0.4 is 5.32 Å². The van der Waals surface area contributed by atoms with Crippen molar-refractivity contribution in [3.63, 3.8) is 0 Å². The predicted octanol–water partition coefficient (Wildman–Crippen LogP) is 3.99. The Bertz CT molecular complexity index is 380. The number of halogens is 2. The monoisotopic (exact) mass is 285 g/mol. The van der Waals surface area contributed by atoms with E-state index in [9.17, 15) is 4.39 Å². The van der Waals surface area contributed by atoms with Gasteiger partial charge in [-0.05, 0) is 44.5 Å². The van der Waals surface area contributed by atoms with E-state index in [1.165, 1.54) is 12.1 Å². The summed E-state index contributed by atoms with van der Waals surface area (Å²) in [6.07, 6.45) is 3.90. The summed E-state index contributed by atoms with van der Waals surface area (Å²) in [5.41, 5.74) is 0.958. The van der Waals surface area contributed by atoms with Crippen LogP contribution in [0.1, 0.15) is 26.3 Å². The van der Waals surface area contributed by atoms with Gasteiger partial charge in [-0.2, -0.15) is 0 Å². The summed E-state index contributed by atoms with van der Waals surface area (Å²) in [6.45, 7) is 7.10. The Kier molecular flexibility index (Phi) is 4.69. The predicted molar refractivity (Wildman–Crippen MR) is 70.9 cm³/mol. The SMILES string of the molecule is CC(C)(C)NC/C=C/c1cc(F)ccc1Br. The fourth-order valence-electron chi connectivity index (χ4n) is 1.19. The van der Waals surface area contributed by atoms with E-state index in [4.69, 9.17) is 0 Å². The molecule has 0 aliphatic heterocycles. The maximum absolute atomic E-state index is 13.0. The molecule has 0 spiro atoms. The standard InChI is InChI=1S/C13H17BrFN/c1-13(2,3)16-8-4-5-10-9-11(15)6-7-12(10)14/h4-7,9,16H,8H2,1-3H3/b5-4+. The van der Waals surface area contributed by atoms with Crippen molar-refractivity contribution in [1.82, 2.24) is 5.32 Å². The number of hydrogen-bond donors (Lipinski definition) is 1. The van der Waals surface area contributed by atoms with Gasteiger partial charge in [-0.1, -0.05) is 28.1 Å². The lowest BCUT2D eigenvalue weighted by molar-refractivity contribution is 0.450. The van der Waals surface area contributed by atoms with E-state index in [0.717, 1.165) is 16.6 Å². The quantitative estimate of drug-likeness (QED) is 0.886. The number of benzene rings is 1. The van der Waals surface area contributed by atoms with E-state index < -0.39 is 0 Å². The number of hydrogen-bond acceptors (Lipinski definition) is 1. The fraction of sp³-hybridized carbons (Fsp3) is 0.385. The molecule has 0 fully saturated rings. The van der Waals surface area contributed by atoms with Crippen LogP contribution in [0.3, 0.4) is 0 Å². The molecule has 16 heavy (non-hydrogen) atoms.